The number of hydrogen-bond acceptors (Lipinski definition) is 7. The molecule has 4 N–H and O–H groups in total. The highest BCUT2D eigenvalue weighted by atomic mass is 16.5. The Labute approximate surface area is 171 Å². The number of nitrogens with zero attached hydrogens (tertiary/aromatic N) is 1. The average Bonchev–Trinajstić information content (AvgIpc) is 2.71. The molecule has 4 atom stereocenters. The molecule has 8 heteroatoms. The Balaban J connectivity index is 0.00000145. The van der Waals surface area contributed by atoms with E-state index in [2.05, 4.69) is 0 Å². The van der Waals surface area contributed by atoms with Crippen LogP contribution in [0, 0.1) is 11.8 Å². The summed E-state index contributed by atoms with van der Waals surface area (Å²) in [4.78, 5) is 13.1. The summed E-state index contributed by atoms with van der Waals surface area (Å²) in [6.07, 6.45) is -0.611. The van der Waals surface area contributed by atoms with Gasteiger partial charge in [0.15, 0.2) is 11.5 Å². The van der Waals surface area contributed by atoms with Gasteiger partial charge in [0.25, 0.3) is 0 Å². The zero-order valence-electron chi connectivity index (χ0n) is 17.8. The van der Waals surface area contributed by atoms with E-state index in [1.807, 2.05) is 24.8 Å². The van der Waals surface area contributed by atoms with E-state index in [0.717, 1.165) is 5.56 Å². The molecule has 0 spiro atoms. The van der Waals surface area contributed by atoms with Crippen molar-refractivity contribution in [2.45, 2.75) is 51.5 Å². The molecule has 2 heterocycles. The molecule has 1 aromatic carbocycles. The number of carboxylic acid groups (broad SMARTS) is 1. The first-order chi connectivity index (χ1) is 13.7. The number of fused-ring (bicyclic) bond motifs is 3. The molecule has 3 rings (SSSR count). The third-order valence-corrected chi connectivity index (χ3v) is 5.80. The smallest absolute Gasteiger partial charge is 0.306 e. The molecule has 1 saturated heterocycles. The van der Waals surface area contributed by atoms with Gasteiger partial charge >= 0.3 is 5.97 Å². The molecule has 3 unspecified atom stereocenters. The van der Waals surface area contributed by atoms with Crippen LogP contribution in [0.2, 0.25) is 0 Å². The molecule has 0 radical (unpaired) electrons. The number of piperidine rings is 1. The fraction of sp³-hybridized carbons (Fsp3) is 0.667. The van der Waals surface area contributed by atoms with Crippen molar-refractivity contribution in [2.24, 2.45) is 11.8 Å². The summed E-state index contributed by atoms with van der Waals surface area (Å²) in [6.45, 7) is 6.51. The van der Waals surface area contributed by atoms with Crippen molar-refractivity contribution in [1.82, 2.24) is 4.90 Å². The van der Waals surface area contributed by atoms with Crippen LogP contribution in [0.15, 0.2) is 12.1 Å². The highest BCUT2D eigenvalue weighted by molar-refractivity contribution is 5.69. The molecule has 0 aliphatic carbocycles. The fourth-order valence-electron chi connectivity index (χ4n) is 4.36. The van der Waals surface area contributed by atoms with E-state index in [9.17, 15) is 20.1 Å². The predicted molar refractivity (Wildman–Crippen MR) is 107 cm³/mol. The number of aliphatic hydroxyl groups is 3. The van der Waals surface area contributed by atoms with E-state index in [-0.39, 0.29) is 6.42 Å². The highest BCUT2D eigenvalue weighted by Gasteiger charge is 2.55. The van der Waals surface area contributed by atoms with Crippen molar-refractivity contribution in [1.29, 1.82) is 0 Å². The van der Waals surface area contributed by atoms with Gasteiger partial charge in [0, 0.05) is 19.0 Å². The molecule has 164 valence electrons. The minimum absolute atomic E-state index is 0.168. The molecular weight excluding hydrogens is 378 g/mol. The second kappa shape index (κ2) is 9.30. The summed E-state index contributed by atoms with van der Waals surface area (Å²) in [5.41, 5.74) is 1.58. The fourth-order valence-corrected chi connectivity index (χ4v) is 4.36. The van der Waals surface area contributed by atoms with Crippen LogP contribution in [0.5, 0.6) is 11.5 Å². The van der Waals surface area contributed by atoms with E-state index in [1.165, 1.54) is 7.11 Å². The minimum Gasteiger partial charge on any atom is -0.493 e. The first-order valence-electron chi connectivity index (χ1n) is 10.0. The zero-order valence-corrected chi connectivity index (χ0v) is 17.8. The van der Waals surface area contributed by atoms with Gasteiger partial charge in [-0.2, -0.15) is 0 Å². The van der Waals surface area contributed by atoms with Crippen LogP contribution in [0.25, 0.3) is 0 Å². The van der Waals surface area contributed by atoms with Gasteiger partial charge in [-0.05, 0) is 36.1 Å². The third-order valence-electron chi connectivity index (χ3n) is 5.80. The zero-order chi connectivity index (χ0) is 21.9. The average molecular weight is 411 g/mol. The molecule has 29 heavy (non-hydrogen) atoms. The quantitative estimate of drug-likeness (QED) is 0.537. The van der Waals surface area contributed by atoms with E-state index in [1.54, 1.807) is 20.1 Å². The van der Waals surface area contributed by atoms with Gasteiger partial charge < -0.3 is 29.9 Å². The van der Waals surface area contributed by atoms with Crippen molar-refractivity contribution in [2.75, 3.05) is 27.3 Å². The first kappa shape index (κ1) is 23.4. The number of hydrogen-bond donors (Lipinski definition) is 4. The van der Waals surface area contributed by atoms with Crippen molar-refractivity contribution in [3.8, 4) is 11.5 Å². The predicted octanol–water partition coefficient (Wildman–Crippen LogP) is 1.41. The lowest BCUT2D eigenvalue weighted by atomic mass is 9.75. The summed E-state index contributed by atoms with van der Waals surface area (Å²) < 4.78 is 10.7. The van der Waals surface area contributed by atoms with Crippen LogP contribution in [0.1, 0.15) is 44.4 Å². The summed E-state index contributed by atoms with van der Waals surface area (Å²) in [6, 6.07) is 2.72. The van der Waals surface area contributed by atoms with Gasteiger partial charge in [-0.3, -0.25) is 9.69 Å². The van der Waals surface area contributed by atoms with Gasteiger partial charge in [-0.25, -0.2) is 0 Å². The number of rotatable bonds is 5. The second-order valence-electron chi connectivity index (χ2n) is 7.52. The number of ether oxygens (including phenoxy) is 2. The number of carbonyl (C=O) groups is 1. The summed E-state index contributed by atoms with van der Waals surface area (Å²) in [7, 11) is 3.05. The largest absolute Gasteiger partial charge is 0.493 e. The standard InChI is InChI=1S/C19H27NO7.C2H6/c1-10(18(22)23)6-12-9-20-5-4-11-7-14(26-2)15(27-3)8-13(11)16(20)19(24,25)17(12)21;1-2/h7-8,10,12,16-17,21,24-25H,4-6,9H2,1-3H3,(H,22,23);1-2H3/t10?,12-,16?,17?;/m0./s1. The third kappa shape index (κ3) is 4.35. The topological polar surface area (TPSA) is 120 Å². The molecule has 0 bridgehead atoms. The van der Waals surface area contributed by atoms with Gasteiger partial charge in [0.05, 0.1) is 26.2 Å². The summed E-state index contributed by atoms with van der Waals surface area (Å²) in [5.74, 6) is -3.56. The lowest BCUT2D eigenvalue weighted by Gasteiger charge is -2.52. The molecule has 8 nitrogen and oxygen atoms in total. The monoisotopic (exact) mass is 411 g/mol. The SMILES string of the molecule is CC.COc1cc2c(cc1OC)C1N(CC2)C[C@H](CC(C)C(=O)O)C(O)C1(O)O. The second-order valence-corrected chi connectivity index (χ2v) is 7.52. The van der Waals surface area contributed by atoms with Crippen molar-refractivity contribution < 1.29 is 34.7 Å². The van der Waals surface area contributed by atoms with Gasteiger partial charge in [-0.15, -0.1) is 0 Å². The Hall–Kier alpha value is -1.87. The van der Waals surface area contributed by atoms with Crippen LogP contribution < -0.4 is 9.47 Å². The van der Waals surface area contributed by atoms with E-state index in [4.69, 9.17) is 14.6 Å². The maximum absolute atomic E-state index is 11.2. The molecule has 1 fully saturated rings. The van der Waals surface area contributed by atoms with E-state index < -0.39 is 35.7 Å². The molecule has 1 aromatic rings. The van der Waals surface area contributed by atoms with Crippen LogP contribution >= 0.6 is 0 Å². The summed E-state index contributed by atoms with van der Waals surface area (Å²) >= 11 is 0. The lowest BCUT2D eigenvalue weighted by molar-refractivity contribution is -0.298. The Morgan fingerprint density at radius 3 is 2.38 bits per heavy atom. The van der Waals surface area contributed by atoms with Gasteiger partial charge in [-0.1, -0.05) is 20.8 Å². The number of methoxy groups -OCH3 is 2. The van der Waals surface area contributed by atoms with E-state index in [0.29, 0.717) is 36.6 Å². The van der Waals surface area contributed by atoms with Crippen LogP contribution in [-0.4, -0.2) is 70.5 Å². The lowest BCUT2D eigenvalue weighted by Crippen LogP contribution is -2.64. The summed E-state index contributed by atoms with van der Waals surface area (Å²) in [5, 5.41) is 41.5. The number of carboxylic acids is 1. The van der Waals surface area contributed by atoms with Crippen molar-refractivity contribution in [3.63, 3.8) is 0 Å². The van der Waals surface area contributed by atoms with Crippen LogP contribution in [0.4, 0.5) is 0 Å². The van der Waals surface area contributed by atoms with Crippen molar-refractivity contribution in [3.05, 3.63) is 23.3 Å². The maximum Gasteiger partial charge on any atom is 0.306 e. The van der Waals surface area contributed by atoms with Gasteiger partial charge in [0.2, 0.25) is 5.79 Å². The Morgan fingerprint density at radius 1 is 1.24 bits per heavy atom. The number of aliphatic hydroxyl groups excluding tert-OH is 1. The molecule has 0 amide bonds. The molecule has 0 saturated carbocycles. The normalized spacial score (nSPS) is 26.3. The molecule has 2 aliphatic rings. The van der Waals surface area contributed by atoms with Gasteiger partial charge in [0.1, 0.15) is 6.10 Å². The Kier molecular flexibility index (Phi) is 7.50. The Bertz CT molecular complexity index is 721. The van der Waals surface area contributed by atoms with Crippen LogP contribution in [-0.2, 0) is 11.2 Å². The Morgan fingerprint density at radius 2 is 1.83 bits per heavy atom. The number of aliphatic carboxylic acids is 1. The first-order valence-corrected chi connectivity index (χ1v) is 10.0. The number of benzene rings is 1. The van der Waals surface area contributed by atoms with Crippen molar-refractivity contribution >= 4 is 5.97 Å². The molecular formula is C21H33NO7. The minimum atomic E-state index is -2.41. The molecule has 2 aliphatic heterocycles. The van der Waals surface area contributed by atoms with E-state index >= 15 is 0 Å². The highest BCUT2D eigenvalue weighted by Crippen LogP contribution is 2.47. The maximum atomic E-state index is 11.2. The van der Waals surface area contributed by atoms with Crippen LogP contribution in [0.3, 0.4) is 0 Å². The molecule has 0 aromatic heterocycles.